The first-order valence-electron chi connectivity index (χ1n) is 7.22. The predicted molar refractivity (Wildman–Crippen MR) is 80.8 cm³/mol. The summed E-state index contributed by atoms with van der Waals surface area (Å²) in [6, 6.07) is 3.93. The van der Waals surface area contributed by atoms with E-state index in [1.54, 1.807) is 6.20 Å². The van der Waals surface area contributed by atoms with Gasteiger partial charge >= 0.3 is 6.03 Å². The summed E-state index contributed by atoms with van der Waals surface area (Å²) in [5.41, 5.74) is 1.04. The molecule has 0 spiro atoms. The average Bonchev–Trinajstić information content (AvgIpc) is 2.45. The maximum atomic E-state index is 12.2. The molecule has 1 atom stereocenters. The molecule has 5 heteroatoms. The number of nitrogens with zero attached hydrogens (tertiary/aromatic N) is 3. The number of likely N-dealkylation sites (tertiary alicyclic amines) is 1. The molecule has 110 valence electrons. The number of nitrogens with one attached hydrogen (secondary N) is 1. The number of amides is 2. The van der Waals surface area contributed by atoms with Crippen molar-refractivity contribution in [1.82, 2.24) is 15.2 Å². The minimum Gasteiger partial charge on any atom is -0.362 e. The highest BCUT2D eigenvalue weighted by Gasteiger charge is 2.20. The van der Waals surface area contributed by atoms with Gasteiger partial charge in [-0.3, -0.25) is 0 Å². The van der Waals surface area contributed by atoms with Gasteiger partial charge in [0, 0.05) is 45.5 Å². The molecule has 1 aliphatic heterocycles. The van der Waals surface area contributed by atoms with Crippen LogP contribution in [0.1, 0.15) is 25.3 Å². The summed E-state index contributed by atoms with van der Waals surface area (Å²) in [6.07, 6.45) is 4.09. The Hall–Kier alpha value is -1.78. The van der Waals surface area contributed by atoms with Crippen molar-refractivity contribution in [2.45, 2.75) is 26.3 Å². The molecule has 1 unspecified atom stereocenters. The third-order valence-corrected chi connectivity index (χ3v) is 3.67. The number of hydrogen-bond donors (Lipinski definition) is 1. The Balaban J connectivity index is 1.93. The fourth-order valence-corrected chi connectivity index (χ4v) is 2.63. The van der Waals surface area contributed by atoms with E-state index in [0.717, 1.165) is 30.9 Å². The van der Waals surface area contributed by atoms with Crippen molar-refractivity contribution in [1.29, 1.82) is 0 Å². The fraction of sp³-hybridized carbons (Fsp3) is 0.600. The molecule has 2 heterocycles. The smallest absolute Gasteiger partial charge is 0.317 e. The summed E-state index contributed by atoms with van der Waals surface area (Å²) >= 11 is 0. The second-order valence-corrected chi connectivity index (χ2v) is 5.73. The van der Waals surface area contributed by atoms with E-state index in [2.05, 4.69) is 17.2 Å². The highest BCUT2D eigenvalue weighted by Crippen LogP contribution is 2.16. The Bertz CT molecular complexity index is 461. The van der Waals surface area contributed by atoms with Gasteiger partial charge in [0.05, 0.1) is 0 Å². The molecule has 1 saturated heterocycles. The van der Waals surface area contributed by atoms with E-state index in [1.807, 2.05) is 36.0 Å². The summed E-state index contributed by atoms with van der Waals surface area (Å²) in [6.45, 7) is 4.44. The van der Waals surface area contributed by atoms with E-state index in [0.29, 0.717) is 12.5 Å². The lowest BCUT2D eigenvalue weighted by Gasteiger charge is -2.31. The topological polar surface area (TPSA) is 48.5 Å². The van der Waals surface area contributed by atoms with Crippen LogP contribution in [-0.2, 0) is 6.54 Å². The number of hydrogen-bond acceptors (Lipinski definition) is 3. The van der Waals surface area contributed by atoms with Crippen LogP contribution in [-0.4, -0.2) is 43.1 Å². The maximum absolute atomic E-state index is 12.2. The minimum atomic E-state index is 0.0325. The predicted octanol–water partition coefficient (Wildman–Crippen LogP) is 2.09. The van der Waals surface area contributed by atoms with Crippen molar-refractivity contribution < 1.29 is 4.79 Å². The zero-order chi connectivity index (χ0) is 14.5. The van der Waals surface area contributed by atoms with Crippen molar-refractivity contribution in [3.8, 4) is 0 Å². The van der Waals surface area contributed by atoms with Gasteiger partial charge in [0.2, 0.25) is 0 Å². The molecule has 1 aromatic rings. The van der Waals surface area contributed by atoms with Gasteiger partial charge in [-0.1, -0.05) is 13.0 Å². The van der Waals surface area contributed by atoms with Gasteiger partial charge in [-0.25, -0.2) is 9.78 Å². The molecule has 0 saturated carbocycles. The first-order chi connectivity index (χ1) is 9.58. The van der Waals surface area contributed by atoms with Crippen LogP contribution in [0.2, 0.25) is 0 Å². The second-order valence-electron chi connectivity index (χ2n) is 5.73. The van der Waals surface area contributed by atoms with E-state index in [4.69, 9.17) is 0 Å². The Morgan fingerprint density at radius 2 is 2.35 bits per heavy atom. The van der Waals surface area contributed by atoms with E-state index in [-0.39, 0.29) is 6.03 Å². The largest absolute Gasteiger partial charge is 0.362 e. The van der Waals surface area contributed by atoms with Crippen molar-refractivity contribution in [3.05, 3.63) is 23.9 Å². The number of urea groups is 1. The van der Waals surface area contributed by atoms with E-state index in [9.17, 15) is 4.79 Å². The van der Waals surface area contributed by atoms with Gasteiger partial charge in [0.25, 0.3) is 0 Å². The number of piperidine rings is 1. The summed E-state index contributed by atoms with van der Waals surface area (Å²) in [7, 11) is 3.92. The lowest BCUT2D eigenvalue weighted by atomic mass is 10.0. The average molecular weight is 276 g/mol. The van der Waals surface area contributed by atoms with Crippen molar-refractivity contribution in [3.63, 3.8) is 0 Å². The Morgan fingerprint density at radius 3 is 3.05 bits per heavy atom. The van der Waals surface area contributed by atoms with Crippen molar-refractivity contribution >= 4 is 11.8 Å². The molecule has 2 rings (SSSR count). The quantitative estimate of drug-likeness (QED) is 0.919. The molecule has 1 aliphatic rings. The van der Waals surface area contributed by atoms with Crippen LogP contribution in [0, 0.1) is 5.92 Å². The molecule has 0 radical (unpaired) electrons. The third kappa shape index (κ3) is 3.62. The normalized spacial score (nSPS) is 18.8. The Labute approximate surface area is 121 Å². The van der Waals surface area contributed by atoms with Crippen LogP contribution >= 0.6 is 0 Å². The zero-order valence-corrected chi connectivity index (χ0v) is 12.6. The summed E-state index contributed by atoms with van der Waals surface area (Å²) < 4.78 is 0. The van der Waals surface area contributed by atoms with Crippen molar-refractivity contribution in [2.75, 3.05) is 32.1 Å². The first-order valence-corrected chi connectivity index (χ1v) is 7.22. The van der Waals surface area contributed by atoms with Gasteiger partial charge in [-0.15, -0.1) is 0 Å². The summed E-state index contributed by atoms with van der Waals surface area (Å²) in [5, 5.41) is 3.00. The Morgan fingerprint density at radius 1 is 1.55 bits per heavy atom. The lowest BCUT2D eigenvalue weighted by Crippen LogP contribution is -2.44. The van der Waals surface area contributed by atoms with Crippen LogP contribution in [0.5, 0.6) is 0 Å². The zero-order valence-electron chi connectivity index (χ0n) is 12.6. The molecule has 0 aliphatic carbocycles. The number of carbonyl (C=O) groups excluding carboxylic acids is 1. The molecule has 0 bridgehead atoms. The van der Waals surface area contributed by atoms with E-state index in [1.165, 1.54) is 6.42 Å². The number of carbonyl (C=O) groups is 1. The number of aromatic nitrogens is 1. The first kappa shape index (κ1) is 14.6. The fourth-order valence-electron chi connectivity index (χ4n) is 2.63. The van der Waals surface area contributed by atoms with Crippen LogP contribution in [0.3, 0.4) is 0 Å². The van der Waals surface area contributed by atoms with Gasteiger partial charge in [-0.2, -0.15) is 0 Å². The van der Waals surface area contributed by atoms with E-state index >= 15 is 0 Å². The summed E-state index contributed by atoms with van der Waals surface area (Å²) in [4.78, 5) is 20.4. The molecule has 1 aromatic heterocycles. The Kier molecular flexibility index (Phi) is 4.82. The lowest BCUT2D eigenvalue weighted by molar-refractivity contribution is 0.169. The van der Waals surface area contributed by atoms with Crippen LogP contribution in [0.25, 0.3) is 0 Å². The number of rotatable bonds is 3. The maximum Gasteiger partial charge on any atom is 0.317 e. The highest BCUT2D eigenvalue weighted by atomic mass is 16.2. The van der Waals surface area contributed by atoms with Crippen molar-refractivity contribution in [2.24, 2.45) is 5.92 Å². The molecular weight excluding hydrogens is 252 g/mol. The van der Waals surface area contributed by atoms with Crippen LogP contribution < -0.4 is 10.2 Å². The molecule has 20 heavy (non-hydrogen) atoms. The SMILES string of the molecule is CC1CCCN(C(=O)NCc2cccnc2N(C)C)C1. The highest BCUT2D eigenvalue weighted by molar-refractivity contribution is 5.74. The molecule has 5 nitrogen and oxygen atoms in total. The molecule has 2 amide bonds. The molecular formula is C15H24N4O. The van der Waals surface area contributed by atoms with E-state index < -0.39 is 0 Å². The molecule has 1 fully saturated rings. The minimum absolute atomic E-state index is 0.0325. The molecule has 0 aromatic carbocycles. The standard InChI is InChI=1S/C15H24N4O/c1-12-6-5-9-19(11-12)15(20)17-10-13-7-4-8-16-14(13)18(2)3/h4,7-8,12H,5-6,9-11H2,1-3H3,(H,17,20). The third-order valence-electron chi connectivity index (χ3n) is 3.67. The van der Waals surface area contributed by atoms with Gasteiger partial charge < -0.3 is 15.1 Å². The van der Waals surface area contributed by atoms with Crippen LogP contribution in [0.15, 0.2) is 18.3 Å². The van der Waals surface area contributed by atoms with Crippen LogP contribution in [0.4, 0.5) is 10.6 Å². The van der Waals surface area contributed by atoms with Gasteiger partial charge in [0.1, 0.15) is 5.82 Å². The number of pyridine rings is 1. The summed E-state index contributed by atoms with van der Waals surface area (Å²) in [5.74, 6) is 1.50. The number of anilines is 1. The molecule has 1 N–H and O–H groups in total. The second kappa shape index (κ2) is 6.59. The van der Waals surface area contributed by atoms with Gasteiger partial charge in [-0.05, 0) is 24.8 Å². The monoisotopic (exact) mass is 276 g/mol. The van der Waals surface area contributed by atoms with Gasteiger partial charge in [0.15, 0.2) is 0 Å².